The number of anilines is 1. The zero-order chi connectivity index (χ0) is 31.1. The molecule has 0 atom stereocenters. The van der Waals surface area contributed by atoms with Crippen LogP contribution in [0.15, 0.2) is 85.4 Å². The zero-order valence-corrected chi connectivity index (χ0v) is 25.5. The van der Waals surface area contributed by atoms with Crippen molar-refractivity contribution in [3.63, 3.8) is 0 Å². The van der Waals surface area contributed by atoms with Crippen LogP contribution in [0.25, 0.3) is 27.9 Å². The number of aromatic amines is 1. The van der Waals surface area contributed by atoms with Gasteiger partial charge < -0.3 is 20.9 Å². The molecule has 4 rings (SSSR count). The van der Waals surface area contributed by atoms with Gasteiger partial charge in [-0.05, 0) is 86.0 Å². The summed E-state index contributed by atoms with van der Waals surface area (Å²) in [5, 5.41) is 9.47. The maximum absolute atomic E-state index is 16.3. The van der Waals surface area contributed by atoms with Crippen LogP contribution < -0.4 is 16.0 Å². The van der Waals surface area contributed by atoms with Gasteiger partial charge in [0.15, 0.2) is 0 Å². The molecule has 4 N–H and O–H groups in total. The second kappa shape index (κ2) is 14.1. The predicted molar refractivity (Wildman–Crippen MR) is 174 cm³/mol. The number of benzene rings is 2. The average Bonchev–Trinajstić information content (AvgIpc) is 3.38. The third-order valence-electron chi connectivity index (χ3n) is 7.05. The number of pyridine rings is 1. The minimum atomic E-state index is -0.346. The Morgan fingerprint density at radius 2 is 1.91 bits per heavy atom. The summed E-state index contributed by atoms with van der Waals surface area (Å²) < 4.78 is 30.8. The van der Waals surface area contributed by atoms with Crippen LogP contribution in [0.3, 0.4) is 0 Å². The van der Waals surface area contributed by atoms with E-state index >= 15 is 4.39 Å². The molecule has 2 aromatic carbocycles. The first-order valence-electron chi connectivity index (χ1n) is 14.4. The van der Waals surface area contributed by atoms with Gasteiger partial charge >= 0.3 is 0 Å². The Labute approximate surface area is 252 Å². The molecule has 4 aromatic rings. The van der Waals surface area contributed by atoms with Gasteiger partial charge in [-0.15, -0.1) is 0 Å². The van der Waals surface area contributed by atoms with E-state index < -0.39 is 0 Å². The summed E-state index contributed by atoms with van der Waals surface area (Å²) in [6, 6.07) is 10.3. The van der Waals surface area contributed by atoms with E-state index in [0.717, 1.165) is 28.9 Å². The van der Waals surface area contributed by atoms with Gasteiger partial charge in [0.1, 0.15) is 23.0 Å². The number of nitrogens with one attached hydrogen (secondary N) is 4. The highest BCUT2D eigenvalue weighted by atomic mass is 19.1. The number of fused-ring (bicyclic) bond motifs is 1. The second-order valence-corrected chi connectivity index (χ2v) is 10.9. The van der Waals surface area contributed by atoms with Gasteiger partial charge in [0.05, 0.1) is 11.2 Å². The minimum absolute atomic E-state index is 0.205. The van der Waals surface area contributed by atoms with Crippen molar-refractivity contribution in [3.8, 4) is 11.3 Å². The number of rotatable bonds is 13. The van der Waals surface area contributed by atoms with Crippen LogP contribution in [0.4, 0.5) is 14.5 Å². The number of hydrogen-bond acceptors (Lipinski definition) is 5. The first-order chi connectivity index (χ1) is 20.7. The summed E-state index contributed by atoms with van der Waals surface area (Å²) in [7, 11) is 3.58. The van der Waals surface area contributed by atoms with E-state index in [1.54, 1.807) is 25.4 Å². The van der Waals surface area contributed by atoms with Gasteiger partial charge in [-0.1, -0.05) is 33.1 Å². The number of halogens is 2. The third kappa shape index (κ3) is 7.45. The highest BCUT2D eigenvalue weighted by Gasteiger charge is 2.19. The molecule has 0 aliphatic heterocycles. The van der Waals surface area contributed by atoms with Crippen molar-refractivity contribution in [2.24, 2.45) is 5.92 Å². The molecule has 2 aromatic heterocycles. The summed E-state index contributed by atoms with van der Waals surface area (Å²) in [6.07, 6.45) is 8.13. The lowest BCUT2D eigenvalue weighted by atomic mass is 9.97. The van der Waals surface area contributed by atoms with Gasteiger partial charge in [-0.3, -0.25) is 4.98 Å². The van der Waals surface area contributed by atoms with Gasteiger partial charge in [0.25, 0.3) is 0 Å². The molecule has 2 heterocycles. The number of hydrogen-bond donors (Lipinski definition) is 4. The number of H-pyrrole nitrogens is 1. The topological polar surface area (TPSA) is 77.7 Å². The number of nitrogens with zero attached hydrogens (tertiary/aromatic N) is 2. The molecular formula is C35H40F2N6. The molecule has 0 spiro atoms. The number of allylic oxidation sites excluding steroid dienone is 5. The van der Waals surface area contributed by atoms with Crippen LogP contribution in [0.2, 0.25) is 0 Å². The first-order valence-corrected chi connectivity index (χ1v) is 14.4. The Morgan fingerprint density at radius 1 is 1.12 bits per heavy atom. The standard InChI is InChI=1S/C35H40F2N6/c1-8-24(18-27(9-2)41-22(5)14-21(3)4)28-10-11-30(39-7)29(33(28)37)19-32-42-31-12-13-40-34(35(31)43-32)25-15-23(20-38-6)16-26(36)17-25/h8-13,15-18,21,38-39,41H,2,5,14,19-20H2,1,3-4,6-7H3,(H,42,43)/b24-8+,27-18+. The summed E-state index contributed by atoms with van der Waals surface area (Å²) in [5.74, 6) is 0.333. The summed E-state index contributed by atoms with van der Waals surface area (Å²) in [6.45, 7) is 14.7. The van der Waals surface area contributed by atoms with Gasteiger partial charge in [0.2, 0.25) is 0 Å². The zero-order valence-electron chi connectivity index (χ0n) is 25.5. The van der Waals surface area contributed by atoms with Crippen molar-refractivity contribution >= 4 is 22.3 Å². The third-order valence-corrected chi connectivity index (χ3v) is 7.05. The fraction of sp³-hybridized carbons (Fsp3) is 0.257. The van der Waals surface area contributed by atoms with E-state index in [-0.39, 0.29) is 18.1 Å². The van der Waals surface area contributed by atoms with E-state index in [1.807, 2.05) is 44.3 Å². The number of aromatic nitrogens is 3. The van der Waals surface area contributed by atoms with Crippen molar-refractivity contribution in [2.75, 3.05) is 19.4 Å². The SMILES string of the molecule is C=C/C(=C\C(=C/C)c1ccc(NC)c(Cc2nc3c(-c4cc(F)cc(CNC)c4)nccc3[nH]2)c1F)NC(=C)CC(C)C. The van der Waals surface area contributed by atoms with Crippen molar-refractivity contribution in [2.45, 2.75) is 40.2 Å². The van der Waals surface area contributed by atoms with Crippen LogP contribution in [0.5, 0.6) is 0 Å². The maximum Gasteiger partial charge on any atom is 0.136 e. The molecule has 0 saturated heterocycles. The molecule has 0 aliphatic rings. The van der Waals surface area contributed by atoms with Gasteiger partial charge in [0, 0.05) is 60.0 Å². The molecule has 0 saturated carbocycles. The second-order valence-electron chi connectivity index (χ2n) is 10.9. The van der Waals surface area contributed by atoms with Crippen LogP contribution in [-0.2, 0) is 13.0 Å². The van der Waals surface area contributed by atoms with Crippen molar-refractivity contribution in [1.29, 1.82) is 0 Å². The summed E-state index contributed by atoms with van der Waals surface area (Å²) in [5.41, 5.74) is 7.25. The van der Waals surface area contributed by atoms with Crippen LogP contribution in [-0.4, -0.2) is 29.0 Å². The van der Waals surface area contributed by atoms with Crippen molar-refractivity contribution < 1.29 is 8.78 Å². The van der Waals surface area contributed by atoms with Crippen molar-refractivity contribution in [1.82, 2.24) is 25.6 Å². The summed E-state index contributed by atoms with van der Waals surface area (Å²) >= 11 is 0. The molecule has 0 amide bonds. The van der Waals surface area contributed by atoms with Crippen molar-refractivity contribution in [3.05, 3.63) is 120 Å². The van der Waals surface area contributed by atoms with Gasteiger partial charge in [-0.2, -0.15) is 0 Å². The molecule has 0 radical (unpaired) electrons. The lowest BCUT2D eigenvalue weighted by Crippen LogP contribution is -2.12. The lowest BCUT2D eigenvalue weighted by molar-refractivity contribution is 0.610. The smallest absolute Gasteiger partial charge is 0.136 e. The monoisotopic (exact) mass is 582 g/mol. The number of imidazole rings is 1. The first kappa shape index (κ1) is 31.4. The highest BCUT2D eigenvalue weighted by molar-refractivity contribution is 5.89. The van der Waals surface area contributed by atoms with Crippen LogP contribution in [0, 0.1) is 17.6 Å². The molecule has 0 unspecified atom stereocenters. The normalized spacial score (nSPS) is 12.2. The van der Waals surface area contributed by atoms with Crippen LogP contribution in [0.1, 0.15) is 49.7 Å². The van der Waals surface area contributed by atoms with E-state index in [4.69, 9.17) is 4.98 Å². The Morgan fingerprint density at radius 3 is 2.58 bits per heavy atom. The lowest BCUT2D eigenvalue weighted by Gasteiger charge is -2.16. The van der Waals surface area contributed by atoms with E-state index in [9.17, 15) is 4.39 Å². The molecule has 43 heavy (non-hydrogen) atoms. The summed E-state index contributed by atoms with van der Waals surface area (Å²) in [4.78, 5) is 12.6. The van der Waals surface area contributed by atoms with E-state index in [1.165, 1.54) is 12.1 Å². The van der Waals surface area contributed by atoms with E-state index in [2.05, 4.69) is 52.9 Å². The van der Waals surface area contributed by atoms with E-state index in [0.29, 0.717) is 57.4 Å². The maximum atomic E-state index is 16.3. The highest BCUT2D eigenvalue weighted by Crippen LogP contribution is 2.32. The molecule has 6 nitrogen and oxygen atoms in total. The fourth-order valence-corrected chi connectivity index (χ4v) is 5.17. The predicted octanol–water partition coefficient (Wildman–Crippen LogP) is 7.88. The Bertz CT molecular complexity index is 1700. The Hall–Kier alpha value is -4.56. The van der Waals surface area contributed by atoms with Crippen LogP contribution >= 0.6 is 0 Å². The molecule has 0 bridgehead atoms. The molecule has 0 fully saturated rings. The largest absolute Gasteiger partial charge is 0.388 e. The molecular weight excluding hydrogens is 542 g/mol. The fourth-order valence-electron chi connectivity index (χ4n) is 5.17. The minimum Gasteiger partial charge on any atom is -0.388 e. The average molecular weight is 583 g/mol. The van der Waals surface area contributed by atoms with Gasteiger partial charge in [-0.25, -0.2) is 13.8 Å². The molecule has 224 valence electrons. The Balaban J connectivity index is 1.72. The molecule has 8 heteroatoms. The Kier molecular flexibility index (Phi) is 10.3. The molecule has 0 aliphatic carbocycles. The quantitative estimate of drug-likeness (QED) is 0.121.